The van der Waals surface area contributed by atoms with Crippen LogP contribution in [0.4, 0.5) is 0 Å². The van der Waals surface area contributed by atoms with E-state index in [1.807, 2.05) is 0 Å². The number of hydrogen-bond acceptors (Lipinski definition) is 7. The average molecular weight is 344 g/mol. The molecule has 1 unspecified atom stereocenters. The zero-order valence-electron chi connectivity index (χ0n) is 13.9. The predicted octanol–water partition coefficient (Wildman–Crippen LogP) is 2.60. The molecular formula is C18H16O7. The normalized spacial score (nSPS) is 12.1. The molecule has 0 aliphatic rings. The van der Waals surface area contributed by atoms with Gasteiger partial charge in [-0.1, -0.05) is 0 Å². The topological polar surface area (TPSA) is 95.2 Å². The van der Waals surface area contributed by atoms with Gasteiger partial charge in [-0.3, -0.25) is 4.79 Å². The largest absolute Gasteiger partial charge is 0.507 e. The van der Waals surface area contributed by atoms with Gasteiger partial charge in [-0.2, -0.15) is 0 Å². The van der Waals surface area contributed by atoms with Gasteiger partial charge in [0.2, 0.25) is 5.43 Å². The fourth-order valence-electron chi connectivity index (χ4n) is 2.53. The van der Waals surface area contributed by atoms with Crippen molar-refractivity contribution in [1.82, 2.24) is 0 Å². The van der Waals surface area contributed by atoms with Crippen molar-refractivity contribution in [2.75, 3.05) is 14.2 Å². The number of ether oxygens (including phenoxy) is 3. The summed E-state index contributed by atoms with van der Waals surface area (Å²) < 4.78 is 20.8. The monoisotopic (exact) mass is 344 g/mol. The second-order valence-corrected chi connectivity index (χ2v) is 5.39. The first kappa shape index (κ1) is 16.6. The van der Waals surface area contributed by atoms with E-state index in [1.54, 1.807) is 18.2 Å². The van der Waals surface area contributed by atoms with E-state index < -0.39 is 12.1 Å². The lowest BCUT2D eigenvalue weighted by Crippen LogP contribution is -2.24. The molecule has 1 heterocycles. The number of rotatable bonds is 4. The SMILES string of the molecule is COC(=O)C(C)Oc1cc(O)c2c(=O)c3cc(OC)ccc3oc2c1. The van der Waals surface area contributed by atoms with Crippen molar-refractivity contribution in [3.63, 3.8) is 0 Å². The Morgan fingerprint density at radius 2 is 1.88 bits per heavy atom. The first-order valence-electron chi connectivity index (χ1n) is 7.46. The molecule has 0 fully saturated rings. The number of methoxy groups -OCH3 is 2. The highest BCUT2D eigenvalue weighted by molar-refractivity contribution is 5.94. The van der Waals surface area contributed by atoms with Gasteiger partial charge in [-0.15, -0.1) is 0 Å². The molecule has 130 valence electrons. The molecule has 0 saturated carbocycles. The van der Waals surface area contributed by atoms with Crippen LogP contribution >= 0.6 is 0 Å². The van der Waals surface area contributed by atoms with Gasteiger partial charge in [0.15, 0.2) is 6.10 Å². The molecule has 3 aromatic rings. The van der Waals surface area contributed by atoms with Crippen LogP contribution in [0.15, 0.2) is 39.5 Å². The van der Waals surface area contributed by atoms with Crippen LogP contribution in [0.1, 0.15) is 6.92 Å². The molecule has 0 aliphatic heterocycles. The van der Waals surface area contributed by atoms with Crippen LogP contribution in [0.5, 0.6) is 17.2 Å². The minimum Gasteiger partial charge on any atom is -0.507 e. The second-order valence-electron chi connectivity index (χ2n) is 5.39. The number of carbonyl (C=O) groups excluding carboxylic acids is 1. The predicted molar refractivity (Wildman–Crippen MR) is 90.3 cm³/mol. The minimum absolute atomic E-state index is 0.0267. The molecule has 0 radical (unpaired) electrons. The zero-order chi connectivity index (χ0) is 18.1. The third-order valence-electron chi connectivity index (χ3n) is 3.78. The van der Waals surface area contributed by atoms with Gasteiger partial charge in [-0.05, 0) is 25.1 Å². The van der Waals surface area contributed by atoms with Gasteiger partial charge in [0.25, 0.3) is 0 Å². The van der Waals surface area contributed by atoms with Crippen molar-refractivity contribution in [3.05, 3.63) is 40.6 Å². The summed E-state index contributed by atoms with van der Waals surface area (Å²) in [5.41, 5.74) is 0.103. The van der Waals surface area contributed by atoms with E-state index >= 15 is 0 Å². The highest BCUT2D eigenvalue weighted by atomic mass is 16.6. The van der Waals surface area contributed by atoms with Crippen LogP contribution in [-0.4, -0.2) is 31.4 Å². The van der Waals surface area contributed by atoms with E-state index in [0.29, 0.717) is 16.7 Å². The van der Waals surface area contributed by atoms with Crippen LogP contribution in [0.3, 0.4) is 0 Å². The molecule has 2 aromatic carbocycles. The molecule has 0 saturated heterocycles. The van der Waals surface area contributed by atoms with E-state index in [9.17, 15) is 14.7 Å². The zero-order valence-corrected chi connectivity index (χ0v) is 13.9. The number of benzene rings is 2. The number of esters is 1. The Balaban J connectivity index is 2.17. The number of carbonyl (C=O) groups is 1. The summed E-state index contributed by atoms with van der Waals surface area (Å²) in [6, 6.07) is 7.52. The lowest BCUT2D eigenvalue weighted by Gasteiger charge is -2.13. The van der Waals surface area contributed by atoms with Gasteiger partial charge < -0.3 is 23.7 Å². The van der Waals surface area contributed by atoms with E-state index in [4.69, 9.17) is 13.9 Å². The number of phenolic OH excluding ortho intramolecular Hbond substituents is 1. The van der Waals surface area contributed by atoms with Crippen molar-refractivity contribution in [2.45, 2.75) is 13.0 Å². The summed E-state index contributed by atoms with van der Waals surface area (Å²) in [6.07, 6.45) is -0.877. The van der Waals surface area contributed by atoms with Gasteiger partial charge in [0.1, 0.15) is 33.8 Å². The smallest absolute Gasteiger partial charge is 0.346 e. The Hall–Kier alpha value is -3.22. The Morgan fingerprint density at radius 3 is 2.56 bits per heavy atom. The van der Waals surface area contributed by atoms with Gasteiger partial charge >= 0.3 is 5.97 Å². The maximum absolute atomic E-state index is 12.7. The Kier molecular flexibility index (Phi) is 4.22. The second kappa shape index (κ2) is 6.35. The van der Waals surface area contributed by atoms with Crippen LogP contribution in [0, 0.1) is 0 Å². The van der Waals surface area contributed by atoms with Crippen LogP contribution in [-0.2, 0) is 9.53 Å². The van der Waals surface area contributed by atoms with Crippen molar-refractivity contribution in [2.24, 2.45) is 0 Å². The molecule has 7 heteroatoms. The summed E-state index contributed by atoms with van der Waals surface area (Å²) >= 11 is 0. The van der Waals surface area contributed by atoms with E-state index in [1.165, 1.54) is 33.3 Å². The van der Waals surface area contributed by atoms with Crippen LogP contribution < -0.4 is 14.9 Å². The van der Waals surface area contributed by atoms with Crippen molar-refractivity contribution in [3.8, 4) is 17.2 Å². The Labute approximate surface area is 142 Å². The van der Waals surface area contributed by atoms with Gasteiger partial charge in [0.05, 0.1) is 19.6 Å². The lowest BCUT2D eigenvalue weighted by atomic mass is 10.1. The van der Waals surface area contributed by atoms with E-state index in [0.717, 1.165) is 0 Å². The maximum Gasteiger partial charge on any atom is 0.346 e. The number of phenols is 1. The quantitative estimate of drug-likeness (QED) is 0.574. The molecule has 25 heavy (non-hydrogen) atoms. The Bertz CT molecular complexity index is 1020. The van der Waals surface area contributed by atoms with E-state index in [-0.39, 0.29) is 27.9 Å². The van der Waals surface area contributed by atoms with Gasteiger partial charge in [0, 0.05) is 12.1 Å². The highest BCUT2D eigenvalue weighted by Gasteiger charge is 2.18. The maximum atomic E-state index is 12.7. The summed E-state index contributed by atoms with van der Waals surface area (Å²) in [7, 11) is 2.74. The van der Waals surface area contributed by atoms with Crippen molar-refractivity contribution >= 4 is 27.9 Å². The van der Waals surface area contributed by atoms with E-state index in [2.05, 4.69) is 4.74 Å². The van der Waals surface area contributed by atoms with Crippen molar-refractivity contribution < 1.29 is 28.5 Å². The summed E-state index contributed by atoms with van der Waals surface area (Å²) in [5.74, 6) is -0.181. The molecule has 0 spiro atoms. The number of hydrogen-bond donors (Lipinski definition) is 1. The Morgan fingerprint density at radius 1 is 1.12 bits per heavy atom. The van der Waals surface area contributed by atoms with Crippen molar-refractivity contribution in [1.29, 1.82) is 0 Å². The molecular weight excluding hydrogens is 328 g/mol. The average Bonchev–Trinajstić information content (AvgIpc) is 2.60. The minimum atomic E-state index is -0.877. The molecule has 1 N–H and O–H groups in total. The summed E-state index contributed by atoms with van der Waals surface area (Å²) in [4.78, 5) is 24.1. The number of aromatic hydroxyl groups is 1. The third-order valence-corrected chi connectivity index (χ3v) is 3.78. The molecule has 0 aliphatic carbocycles. The molecule has 7 nitrogen and oxygen atoms in total. The highest BCUT2D eigenvalue weighted by Crippen LogP contribution is 2.31. The number of fused-ring (bicyclic) bond motifs is 2. The first-order valence-corrected chi connectivity index (χ1v) is 7.46. The standard InChI is InChI=1S/C18H16O7/c1-9(18(21)23-3)24-11-7-13(19)16-15(8-11)25-14-5-4-10(22-2)6-12(14)17(16)20/h4-9,19H,1-3H3. The summed E-state index contributed by atoms with van der Waals surface area (Å²) in [5, 5.41) is 10.6. The van der Waals surface area contributed by atoms with Gasteiger partial charge in [-0.25, -0.2) is 4.79 Å². The third kappa shape index (κ3) is 2.96. The van der Waals surface area contributed by atoms with Crippen LogP contribution in [0.25, 0.3) is 21.9 Å². The molecule has 1 aromatic heterocycles. The molecule has 0 amide bonds. The molecule has 1 atom stereocenters. The fourth-order valence-corrected chi connectivity index (χ4v) is 2.53. The fraction of sp³-hybridized carbons (Fsp3) is 0.222. The molecule has 3 rings (SSSR count). The lowest BCUT2D eigenvalue weighted by molar-refractivity contribution is -0.147. The molecule has 0 bridgehead atoms. The summed E-state index contributed by atoms with van der Waals surface area (Å²) in [6.45, 7) is 1.51. The van der Waals surface area contributed by atoms with Crippen LogP contribution in [0.2, 0.25) is 0 Å². The first-order chi connectivity index (χ1) is 11.9.